The Labute approximate surface area is 203 Å². The summed E-state index contributed by atoms with van der Waals surface area (Å²) in [6.07, 6.45) is 5.71. The molecule has 3 atom stereocenters. The van der Waals surface area contributed by atoms with Crippen LogP contribution >= 0.6 is 0 Å². The van der Waals surface area contributed by atoms with Gasteiger partial charge in [-0.2, -0.15) is 15.0 Å². The maximum Gasteiger partial charge on any atom is 0.323 e. The van der Waals surface area contributed by atoms with Crippen molar-refractivity contribution in [3.8, 4) is 11.4 Å². The van der Waals surface area contributed by atoms with Gasteiger partial charge in [-0.1, -0.05) is 0 Å². The van der Waals surface area contributed by atoms with Gasteiger partial charge in [0, 0.05) is 36.6 Å². The molecule has 4 N–H and O–H groups in total. The molecular weight excluding hydrogens is 448 g/mol. The van der Waals surface area contributed by atoms with Gasteiger partial charge in [0.05, 0.1) is 30.7 Å². The van der Waals surface area contributed by atoms with E-state index in [0.717, 1.165) is 31.5 Å². The molecule has 11 heteroatoms. The number of amides is 2. The molecule has 11 nitrogen and oxygen atoms in total. The third-order valence-corrected chi connectivity index (χ3v) is 5.92. The highest BCUT2D eigenvalue weighted by Crippen LogP contribution is 2.29. The van der Waals surface area contributed by atoms with E-state index in [0.29, 0.717) is 29.1 Å². The van der Waals surface area contributed by atoms with Crippen LogP contribution in [0, 0.1) is 0 Å². The number of nitrogens with one attached hydrogen (secondary N) is 3. The van der Waals surface area contributed by atoms with Gasteiger partial charge in [0.2, 0.25) is 11.9 Å². The lowest BCUT2D eigenvalue weighted by Gasteiger charge is -2.32. The fourth-order valence-corrected chi connectivity index (χ4v) is 4.18. The first-order valence-corrected chi connectivity index (χ1v) is 11.7. The van der Waals surface area contributed by atoms with E-state index in [2.05, 4.69) is 35.8 Å². The number of hydrogen-bond acceptors (Lipinski definition) is 9. The normalized spacial score (nSPS) is 19.8. The van der Waals surface area contributed by atoms with Gasteiger partial charge < -0.3 is 30.7 Å². The molecule has 2 saturated heterocycles. The lowest BCUT2D eigenvalue weighted by Crippen LogP contribution is -2.43. The molecule has 2 aliphatic heterocycles. The van der Waals surface area contributed by atoms with Crippen molar-refractivity contribution < 1.29 is 14.6 Å². The standard InChI is InChI=1S/C24H28N8O3/c1-15(14-33)26-22-29-21(30-23(31-22)32-12-19-8-9-20(13-32)35-19)16-4-6-17(7-5-16)27-24(34)28-18-3-2-10-25-11-18/h2-7,10-11,15,19-20,33H,8-9,12-14H2,1H3,(H2,27,28,34)(H,26,29,30,31)/t15-,19?,20?/m0/s1. The number of carbonyl (C=O) groups excluding carboxylic acids is 1. The van der Waals surface area contributed by atoms with Crippen LogP contribution in [0.1, 0.15) is 19.8 Å². The minimum Gasteiger partial charge on any atom is -0.394 e. The summed E-state index contributed by atoms with van der Waals surface area (Å²) < 4.78 is 5.95. The predicted octanol–water partition coefficient (Wildman–Crippen LogP) is 2.74. The second-order valence-corrected chi connectivity index (χ2v) is 8.77. The Kier molecular flexibility index (Phi) is 6.68. The number of morpholine rings is 1. The zero-order valence-corrected chi connectivity index (χ0v) is 19.4. The third kappa shape index (κ3) is 5.64. The first-order valence-electron chi connectivity index (χ1n) is 11.7. The van der Waals surface area contributed by atoms with Crippen molar-refractivity contribution >= 4 is 29.3 Å². The average Bonchev–Trinajstić information content (AvgIpc) is 3.21. The van der Waals surface area contributed by atoms with E-state index < -0.39 is 0 Å². The highest BCUT2D eigenvalue weighted by atomic mass is 16.5. The Bertz CT molecular complexity index is 1150. The average molecular weight is 477 g/mol. The number of anilines is 4. The number of urea groups is 1. The van der Waals surface area contributed by atoms with E-state index in [9.17, 15) is 9.90 Å². The number of aliphatic hydroxyl groups excluding tert-OH is 1. The number of fused-ring (bicyclic) bond motifs is 2. The maximum atomic E-state index is 12.3. The van der Waals surface area contributed by atoms with Gasteiger partial charge in [-0.05, 0) is 56.2 Å². The van der Waals surface area contributed by atoms with Crippen LogP contribution in [0.15, 0.2) is 48.8 Å². The van der Waals surface area contributed by atoms with Crippen LogP contribution in [0.25, 0.3) is 11.4 Å². The first kappa shape index (κ1) is 22.9. The molecule has 2 amide bonds. The number of carbonyl (C=O) groups is 1. The van der Waals surface area contributed by atoms with Crippen molar-refractivity contribution in [2.75, 3.05) is 40.5 Å². The van der Waals surface area contributed by atoms with Crippen molar-refractivity contribution in [1.82, 2.24) is 19.9 Å². The number of aromatic nitrogens is 4. The largest absolute Gasteiger partial charge is 0.394 e. The zero-order valence-electron chi connectivity index (χ0n) is 19.4. The minimum atomic E-state index is -0.361. The highest BCUT2D eigenvalue weighted by Gasteiger charge is 2.35. The summed E-state index contributed by atoms with van der Waals surface area (Å²) in [6.45, 7) is 3.29. The second kappa shape index (κ2) is 10.2. The van der Waals surface area contributed by atoms with Gasteiger partial charge in [-0.15, -0.1) is 0 Å². The Balaban J connectivity index is 1.34. The Morgan fingerprint density at radius 1 is 1.09 bits per heavy atom. The summed E-state index contributed by atoms with van der Waals surface area (Å²) in [5.41, 5.74) is 2.01. The molecule has 2 aromatic heterocycles. The fraction of sp³-hybridized carbons (Fsp3) is 0.375. The second-order valence-electron chi connectivity index (χ2n) is 8.77. The fourth-order valence-electron chi connectivity index (χ4n) is 4.18. The van der Waals surface area contributed by atoms with Gasteiger partial charge >= 0.3 is 6.03 Å². The van der Waals surface area contributed by atoms with Crippen LogP contribution in [0.3, 0.4) is 0 Å². The number of benzene rings is 1. The number of nitrogens with zero attached hydrogens (tertiary/aromatic N) is 5. The third-order valence-electron chi connectivity index (χ3n) is 5.92. The number of rotatable bonds is 7. The van der Waals surface area contributed by atoms with E-state index in [1.165, 1.54) is 0 Å². The molecular formula is C24H28N8O3. The Morgan fingerprint density at radius 3 is 2.51 bits per heavy atom. The van der Waals surface area contributed by atoms with Crippen LogP contribution in [-0.4, -0.2) is 69.0 Å². The summed E-state index contributed by atoms with van der Waals surface area (Å²) in [5.74, 6) is 1.50. The molecule has 182 valence electrons. The molecule has 0 aliphatic carbocycles. The molecule has 1 aromatic carbocycles. The van der Waals surface area contributed by atoms with Crippen LogP contribution in [-0.2, 0) is 4.74 Å². The smallest absolute Gasteiger partial charge is 0.323 e. The molecule has 0 saturated carbocycles. The van der Waals surface area contributed by atoms with Crippen molar-refractivity contribution in [3.63, 3.8) is 0 Å². The molecule has 35 heavy (non-hydrogen) atoms. The van der Waals surface area contributed by atoms with Crippen LogP contribution in [0.2, 0.25) is 0 Å². The minimum absolute atomic E-state index is 0.0421. The van der Waals surface area contributed by atoms with Crippen LogP contribution < -0.4 is 20.9 Å². The lowest BCUT2D eigenvalue weighted by atomic mass is 10.2. The SMILES string of the molecule is C[C@@H](CO)Nc1nc(-c2ccc(NC(=O)Nc3cccnc3)cc2)nc(N2CC3CCC(C2)O3)n1. The van der Waals surface area contributed by atoms with E-state index in [1.807, 2.05) is 19.1 Å². The van der Waals surface area contributed by atoms with E-state index in [1.54, 1.807) is 36.7 Å². The number of hydrogen-bond donors (Lipinski definition) is 4. The molecule has 2 bridgehead atoms. The van der Waals surface area contributed by atoms with Crippen molar-refractivity contribution in [2.24, 2.45) is 0 Å². The van der Waals surface area contributed by atoms with Gasteiger partial charge in [0.25, 0.3) is 0 Å². The van der Waals surface area contributed by atoms with Gasteiger partial charge in [0.1, 0.15) is 0 Å². The summed E-state index contributed by atoms with van der Waals surface area (Å²) in [5, 5.41) is 18.1. The molecule has 3 aromatic rings. The monoisotopic (exact) mass is 476 g/mol. The molecule has 2 unspecified atom stereocenters. The number of pyridine rings is 1. The van der Waals surface area contributed by atoms with Gasteiger partial charge in [-0.25, -0.2) is 4.79 Å². The molecule has 0 radical (unpaired) electrons. The predicted molar refractivity (Wildman–Crippen MR) is 132 cm³/mol. The topological polar surface area (TPSA) is 137 Å². The van der Waals surface area contributed by atoms with Gasteiger partial charge in [0.15, 0.2) is 5.82 Å². The highest BCUT2D eigenvalue weighted by molar-refractivity contribution is 5.99. The van der Waals surface area contributed by atoms with E-state index in [-0.39, 0.29) is 30.9 Å². The first-order chi connectivity index (χ1) is 17.1. The molecule has 4 heterocycles. The quantitative estimate of drug-likeness (QED) is 0.405. The van der Waals surface area contributed by atoms with E-state index >= 15 is 0 Å². The van der Waals surface area contributed by atoms with Crippen LogP contribution in [0.5, 0.6) is 0 Å². The summed E-state index contributed by atoms with van der Waals surface area (Å²) in [7, 11) is 0. The number of aliphatic hydroxyl groups is 1. The van der Waals surface area contributed by atoms with Crippen molar-refractivity contribution in [1.29, 1.82) is 0 Å². The van der Waals surface area contributed by atoms with E-state index in [4.69, 9.17) is 9.72 Å². The lowest BCUT2D eigenvalue weighted by molar-refractivity contribution is 0.0299. The summed E-state index contributed by atoms with van der Waals surface area (Å²) in [4.78, 5) is 32.3. The molecule has 2 aliphatic rings. The van der Waals surface area contributed by atoms with Gasteiger partial charge in [-0.3, -0.25) is 4.98 Å². The summed E-state index contributed by atoms with van der Waals surface area (Å²) >= 11 is 0. The molecule has 0 spiro atoms. The summed E-state index contributed by atoms with van der Waals surface area (Å²) in [6, 6.07) is 10.2. The Morgan fingerprint density at radius 2 is 1.83 bits per heavy atom. The maximum absolute atomic E-state index is 12.3. The Hall–Kier alpha value is -3.83. The molecule has 5 rings (SSSR count). The molecule has 2 fully saturated rings. The van der Waals surface area contributed by atoms with Crippen molar-refractivity contribution in [2.45, 2.75) is 38.0 Å². The number of ether oxygens (including phenoxy) is 1. The van der Waals surface area contributed by atoms with Crippen molar-refractivity contribution in [3.05, 3.63) is 48.8 Å². The van der Waals surface area contributed by atoms with Crippen LogP contribution in [0.4, 0.5) is 28.1 Å². The zero-order chi connectivity index (χ0) is 24.2.